The highest BCUT2D eigenvalue weighted by atomic mass is 16.5. The van der Waals surface area contributed by atoms with Crippen molar-refractivity contribution in [3.05, 3.63) is 42.0 Å². The summed E-state index contributed by atoms with van der Waals surface area (Å²) in [6.45, 7) is 5.71. The maximum absolute atomic E-state index is 11.3. The van der Waals surface area contributed by atoms with E-state index in [-0.39, 0.29) is 0 Å². The van der Waals surface area contributed by atoms with Crippen LogP contribution in [0.15, 0.2) is 30.8 Å². The summed E-state index contributed by atoms with van der Waals surface area (Å²) in [4.78, 5) is 11.3. The topological polar surface area (TPSA) is 50.1 Å². The number of nitrogens with zero attached hydrogens (tertiary/aromatic N) is 1. The number of carbonyl (C=O) groups is 1. The van der Waals surface area contributed by atoms with Gasteiger partial charge in [-0.25, -0.2) is 4.79 Å². The molecule has 0 aliphatic rings. The van der Waals surface area contributed by atoms with E-state index in [1.807, 2.05) is 6.07 Å². The summed E-state index contributed by atoms with van der Waals surface area (Å²) in [5, 5.41) is 8.60. The standard InChI is InChI=1S/C12H11NO2/c1-3-15-12(14)9(2)11-6-4-10(8-13)5-7-11/h4-7H,2-3H2,1H3. The van der Waals surface area contributed by atoms with E-state index in [0.717, 1.165) is 0 Å². The van der Waals surface area contributed by atoms with Gasteiger partial charge in [-0.05, 0) is 24.6 Å². The summed E-state index contributed by atoms with van der Waals surface area (Å²) in [6, 6.07) is 8.64. The first-order valence-electron chi connectivity index (χ1n) is 4.55. The van der Waals surface area contributed by atoms with Crippen molar-refractivity contribution in [3.63, 3.8) is 0 Å². The summed E-state index contributed by atoms with van der Waals surface area (Å²) >= 11 is 0. The second-order valence-electron chi connectivity index (χ2n) is 2.89. The molecule has 0 aliphatic heterocycles. The number of benzene rings is 1. The van der Waals surface area contributed by atoms with Crippen LogP contribution >= 0.6 is 0 Å². The Bertz CT molecular complexity index is 412. The van der Waals surface area contributed by atoms with E-state index in [4.69, 9.17) is 10.00 Å². The van der Waals surface area contributed by atoms with Crippen molar-refractivity contribution in [2.45, 2.75) is 6.92 Å². The number of carbonyl (C=O) groups excluding carboxylic acids is 1. The number of rotatable bonds is 3. The number of nitriles is 1. The highest BCUT2D eigenvalue weighted by molar-refractivity contribution is 6.15. The summed E-state index contributed by atoms with van der Waals surface area (Å²) in [5.74, 6) is -0.429. The van der Waals surface area contributed by atoms with Crippen LogP contribution in [-0.4, -0.2) is 12.6 Å². The minimum atomic E-state index is -0.429. The van der Waals surface area contributed by atoms with Crippen LogP contribution < -0.4 is 0 Å². The molecule has 15 heavy (non-hydrogen) atoms. The zero-order chi connectivity index (χ0) is 11.3. The van der Waals surface area contributed by atoms with Crippen LogP contribution in [0.5, 0.6) is 0 Å². The molecule has 0 heterocycles. The molecule has 3 nitrogen and oxygen atoms in total. The van der Waals surface area contributed by atoms with Gasteiger partial charge in [-0.2, -0.15) is 5.26 Å². The van der Waals surface area contributed by atoms with Crippen molar-refractivity contribution in [1.29, 1.82) is 5.26 Å². The second kappa shape index (κ2) is 4.97. The van der Waals surface area contributed by atoms with Crippen molar-refractivity contribution >= 4 is 11.5 Å². The van der Waals surface area contributed by atoms with E-state index < -0.39 is 5.97 Å². The lowest BCUT2D eigenvalue weighted by molar-refractivity contribution is -0.136. The number of ether oxygens (including phenoxy) is 1. The predicted octanol–water partition coefficient (Wildman–Crippen LogP) is 2.13. The molecule has 0 N–H and O–H groups in total. The molecular formula is C12H11NO2. The maximum Gasteiger partial charge on any atom is 0.338 e. The van der Waals surface area contributed by atoms with E-state index in [9.17, 15) is 4.79 Å². The van der Waals surface area contributed by atoms with E-state index in [2.05, 4.69) is 6.58 Å². The van der Waals surface area contributed by atoms with Gasteiger partial charge in [0.2, 0.25) is 0 Å². The molecule has 76 valence electrons. The van der Waals surface area contributed by atoms with Gasteiger partial charge < -0.3 is 4.74 Å². The molecule has 1 aromatic carbocycles. The molecule has 0 radical (unpaired) electrons. The molecule has 0 atom stereocenters. The van der Waals surface area contributed by atoms with Crippen LogP contribution in [0.3, 0.4) is 0 Å². The molecule has 0 amide bonds. The third kappa shape index (κ3) is 2.68. The molecule has 0 aromatic heterocycles. The van der Waals surface area contributed by atoms with Crippen molar-refractivity contribution < 1.29 is 9.53 Å². The van der Waals surface area contributed by atoms with E-state index >= 15 is 0 Å². The van der Waals surface area contributed by atoms with Crippen LogP contribution in [0.2, 0.25) is 0 Å². The van der Waals surface area contributed by atoms with Gasteiger partial charge in [0.15, 0.2) is 0 Å². The Morgan fingerprint density at radius 3 is 2.53 bits per heavy atom. The Labute approximate surface area is 88.6 Å². The minimum Gasteiger partial charge on any atom is -0.462 e. The van der Waals surface area contributed by atoms with E-state index in [1.165, 1.54) is 0 Å². The highest BCUT2D eigenvalue weighted by Gasteiger charge is 2.09. The molecule has 0 fully saturated rings. The normalized spacial score (nSPS) is 9.07. The molecule has 0 saturated carbocycles. The number of hydrogen-bond donors (Lipinski definition) is 0. The quantitative estimate of drug-likeness (QED) is 0.556. The fourth-order valence-electron chi connectivity index (χ4n) is 1.08. The minimum absolute atomic E-state index is 0.307. The van der Waals surface area contributed by atoms with Gasteiger partial charge in [0.25, 0.3) is 0 Å². The Balaban J connectivity index is 2.84. The molecule has 1 rings (SSSR count). The van der Waals surface area contributed by atoms with Gasteiger partial charge in [0, 0.05) is 0 Å². The van der Waals surface area contributed by atoms with Gasteiger partial charge >= 0.3 is 5.97 Å². The van der Waals surface area contributed by atoms with Crippen molar-refractivity contribution in [3.8, 4) is 6.07 Å². The molecule has 0 bridgehead atoms. The molecule has 0 aliphatic carbocycles. The SMILES string of the molecule is C=C(C(=O)OCC)c1ccc(C#N)cc1. The lowest BCUT2D eigenvalue weighted by Crippen LogP contribution is -2.05. The molecule has 0 spiro atoms. The first kappa shape index (κ1) is 11.0. The summed E-state index contributed by atoms with van der Waals surface area (Å²) < 4.78 is 4.81. The monoisotopic (exact) mass is 201 g/mol. The van der Waals surface area contributed by atoms with E-state index in [1.54, 1.807) is 31.2 Å². The van der Waals surface area contributed by atoms with Crippen molar-refractivity contribution in [2.75, 3.05) is 6.61 Å². The van der Waals surface area contributed by atoms with Crippen LogP contribution in [0, 0.1) is 11.3 Å². The fourth-order valence-corrected chi connectivity index (χ4v) is 1.08. The molecule has 1 aromatic rings. The zero-order valence-electron chi connectivity index (χ0n) is 8.49. The third-order valence-electron chi connectivity index (χ3n) is 1.88. The smallest absolute Gasteiger partial charge is 0.338 e. The van der Waals surface area contributed by atoms with Gasteiger partial charge in [-0.15, -0.1) is 0 Å². The van der Waals surface area contributed by atoms with Gasteiger partial charge in [-0.3, -0.25) is 0 Å². The first-order chi connectivity index (χ1) is 7.19. The summed E-state index contributed by atoms with van der Waals surface area (Å²) in [5.41, 5.74) is 1.53. The van der Waals surface area contributed by atoms with Crippen LogP contribution in [0.1, 0.15) is 18.1 Å². The Hall–Kier alpha value is -2.08. The largest absolute Gasteiger partial charge is 0.462 e. The van der Waals surface area contributed by atoms with Crippen molar-refractivity contribution in [1.82, 2.24) is 0 Å². The van der Waals surface area contributed by atoms with Crippen molar-refractivity contribution in [2.24, 2.45) is 0 Å². The molecule has 0 unspecified atom stereocenters. The lowest BCUT2D eigenvalue weighted by atomic mass is 10.1. The number of hydrogen-bond acceptors (Lipinski definition) is 3. The number of esters is 1. The highest BCUT2D eigenvalue weighted by Crippen LogP contribution is 2.14. The summed E-state index contributed by atoms with van der Waals surface area (Å²) in [6.07, 6.45) is 0. The average molecular weight is 201 g/mol. The second-order valence-corrected chi connectivity index (χ2v) is 2.89. The third-order valence-corrected chi connectivity index (χ3v) is 1.88. The van der Waals surface area contributed by atoms with E-state index in [0.29, 0.717) is 23.3 Å². The molecular weight excluding hydrogens is 190 g/mol. The Morgan fingerprint density at radius 1 is 1.47 bits per heavy atom. The zero-order valence-corrected chi connectivity index (χ0v) is 8.49. The Morgan fingerprint density at radius 2 is 2.07 bits per heavy atom. The predicted molar refractivity (Wildman–Crippen MR) is 56.8 cm³/mol. The first-order valence-corrected chi connectivity index (χ1v) is 4.55. The average Bonchev–Trinajstić information content (AvgIpc) is 2.28. The molecule has 3 heteroatoms. The maximum atomic E-state index is 11.3. The Kier molecular flexibility index (Phi) is 3.64. The van der Waals surface area contributed by atoms with Gasteiger partial charge in [0.05, 0.1) is 23.8 Å². The van der Waals surface area contributed by atoms with Crippen LogP contribution in [0.25, 0.3) is 5.57 Å². The lowest BCUT2D eigenvalue weighted by Gasteiger charge is -2.04. The van der Waals surface area contributed by atoms with Gasteiger partial charge in [0.1, 0.15) is 0 Å². The molecule has 0 saturated heterocycles. The van der Waals surface area contributed by atoms with Gasteiger partial charge in [-0.1, -0.05) is 18.7 Å². The van der Waals surface area contributed by atoms with Crippen LogP contribution in [0.4, 0.5) is 0 Å². The summed E-state index contributed by atoms with van der Waals surface area (Å²) in [7, 11) is 0. The fraction of sp³-hybridized carbons (Fsp3) is 0.167. The van der Waals surface area contributed by atoms with Crippen LogP contribution in [-0.2, 0) is 9.53 Å².